The third-order valence-electron chi connectivity index (χ3n) is 4.95. The summed E-state index contributed by atoms with van der Waals surface area (Å²) in [5, 5.41) is 8.02. The minimum absolute atomic E-state index is 0.275. The second-order valence-corrected chi connectivity index (χ2v) is 6.45. The Balaban J connectivity index is 1.62. The molecule has 3 heterocycles. The fourth-order valence-electron chi connectivity index (χ4n) is 3.50. The molecule has 1 fully saturated rings. The maximum absolute atomic E-state index is 4.88. The monoisotopic (exact) mass is 311 g/mol. The third-order valence-corrected chi connectivity index (χ3v) is 4.95. The molecule has 0 saturated carbocycles. The van der Waals surface area contributed by atoms with E-state index in [0.29, 0.717) is 0 Å². The summed E-state index contributed by atoms with van der Waals surface area (Å²) in [5.74, 6) is 1.01. The van der Waals surface area contributed by atoms with E-state index < -0.39 is 0 Å². The van der Waals surface area contributed by atoms with Crippen molar-refractivity contribution in [3.8, 4) is 0 Å². The van der Waals surface area contributed by atoms with E-state index in [1.807, 2.05) is 6.92 Å². The highest BCUT2D eigenvalue weighted by Gasteiger charge is 2.30. The van der Waals surface area contributed by atoms with Gasteiger partial charge in [0.1, 0.15) is 17.2 Å². The smallest absolute Gasteiger partial charge is 0.125 e. The van der Waals surface area contributed by atoms with Gasteiger partial charge in [0.15, 0.2) is 0 Å². The van der Waals surface area contributed by atoms with Crippen molar-refractivity contribution in [2.75, 3.05) is 6.54 Å². The highest BCUT2D eigenvalue weighted by Crippen LogP contribution is 2.33. The Labute approximate surface area is 134 Å². The molecule has 0 radical (unpaired) electrons. The maximum Gasteiger partial charge on any atom is 0.125 e. The molecule has 1 aliphatic heterocycles. The molecule has 0 bridgehead atoms. The van der Waals surface area contributed by atoms with Crippen LogP contribution in [0.1, 0.15) is 47.2 Å². The van der Waals surface area contributed by atoms with Gasteiger partial charge in [-0.05, 0) is 57.4 Å². The number of H-pyrrole nitrogens is 1. The summed E-state index contributed by atoms with van der Waals surface area (Å²) >= 11 is 0. The molecule has 1 aromatic carbocycles. The van der Waals surface area contributed by atoms with Gasteiger partial charge in [0.25, 0.3) is 0 Å². The molecule has 6 heteroatoms. The molecule has 0 amide bonds. The zero-order valence-corrected chi connectivity index (χ0v) is 13.8. The van der Waals surface area contributed by atoms with Gasteiger partial charge >= 0.3 is 0 Å². The van der Waals surface area contributed by atoms with Crippen molar-refractivity contribution in [2.45, 2.75) is 46.2 Å². The molecule has 1 N–H and O–H groups in total. The quantitative estimate of drug-likeness (QED) is 0.804. The SMILES string of the molecule is Cc1ccc2[nH]c(CN3CCC[C@@H]3c3nonc3C)nc2c1C. The van der Waals surface area contributed by atoms with Gasteiger partial charge < -0.3 is 4.98 Å². The van der Waals surface area contributed by atoms with Gasteiger partial charge in [0.05, 0.1) is 23.6 Å². The Kier molecular flexibility index (Phi) is 3.41. The lowest BCUT2D eigenvalue weighted by Gasteiger charge is -2.21. The highest BCUT2D eigenvalue weighted by atomic mass is 16.6. The minimum Gasteiger partial charge on any atom is -0.341 e. The number of likely N-dealkylation sites (tertiary alicyclic amines) is 1. The van der Waals surface area contributed by atoms with Gasteiger partial charge in [-0.15, -0.1) is 0 Å². The summed E-state index contributed by atoms with van der Waals surface area (Å²) in [6, 6.07) is 4.53. The van der Waals surface area contributed by atoms with Gasteiger partial charge in [-0.2, -0.15) is 0 Å². The first-order valence-electron chi connectivity index (χ1n) is 8.11. The molecule has 4 rings (SSSR count). The van der Waals surface area contributed by atoms with Crippen LogP contribution < -0.4 is 0 Å². The predicted octanol–water partition coefficient (Wildman–Crippen LogP) is 3.21. The van der Waals surface area contributed by atoms with Gasteiger partial charge in [0.2, 0.25) is 0 Å². The average Bonchev–Trinajstić information content (AvgIpc) is 3.23. The van der Waals surface area contributed by atoms with Crippen molar-refractivity contribution in [1.29, 1.82) is 0 Å². The zero-order valence-electron chi connectivity index (χ0n) is 13.8. The number of hydrogen-bond acceptors (Lipinski definition) is 5. The van der Waals surface area contributed by atoms with Crippen LogP contribution in [0.2, 0.25) is 0 Å². The molecular formula is C17H21N5O. The lowest BCUT2D eigenvalue weighted by molar-refractivity contribution is 0.227. The number of imidazole rings is 1. The molecule has 0 spiro atoms. The van der Waals surface area contributed by atoms with Gasteiger partial charge in [-0.1, -0.05) is 16.4 Å². The van der Waals surface area contributed by atoms with Crippen molar-refractivity contribution in [2.24, 2.45) is 0 Å². The maximum atomic E-state index is 4.88. The molecule has 3 aromatic rings. The van der Waals surface area contributed by atoms with E-state index >= 15 is 0 Å². The van der Waals surface area contributed by atoms with Crippen LogP contribution in [-0.2, 0) is 6.54 Å². The van der Waals surface area contributed by atoms with Gasteiger partial charge in [-0.3, -0.25) is 4.90 Å². The number of aromatic nitrogens is 4. The number of nitrogens with one attached hydrogen (secondary N) is 1. The summed E-state index contributed by atoms with van der Waals surface area (Å²) < 4.78 is 4.88. The third kappa shape index (κ3) is 2.43. The fourth-order valence-corrected chi connectivity index (χ4v) is 3.50. The summed E-state index contributed by atoms with van der Waals surface area (Å²) in [6.07, 6.45) is 2.25. The molecule has 1 atom stereocenters. The number of aryl methyl sites for hydroxylation is 3. The van der Waals surface area contributed by atoms with E-state index in [1.165, 1.54) is 11.1 Å². The van der Waals surface area contributed by atoms with Crippen LogP contribution in [0.5, 0.6) is 0 Å². The summed E-state index contributed by atoms with van der Waals surface area (Å²) in [6.45, 7) is 8.05. The van der Waals surface area contributed by atoms with Crippen molar-refractivity contribution < 1.29 is 4.63 Å². The molecule has 1 aliphatic rings. The van der Waals surface area contributed by atoms with Crippen LogP contribution in [0, 0.1) is 20.8 Å². The van der Waals surface area contributed by atoms with Crippen LogP contribution in [0.25, 0.3) is 11.0 Å². The number of rotatable bonds is 3. The number of nitrogens with zero attached hydrogens (tertiary/aromatic N) is 4. The first kappa shape index (κ1) is 14.4. The normalized spacial score (nSPS) is 19.0. The van der Waals surface area contributed by atoms with E-state index in [1.54, 1.807) is 0 Å². The second kappa shape index (κ2) is 5.45. The summed E-state index contributed by atoms with van der Waals surface area (Å²) in [5.41, 5.74) is 6.56. The molecule has 0 aliphatic carbocycles. The van der Waals surface area contributed by atoms with Crippen molar-refractivity contribution in [3.05, 3.63) is 40.5 Å². The molecule has 1 saturated heterocycles. The largest absolute Gasteiger partial charge is 0.341 e. The van der Waals surface area contributed by atoms with Crippen LogP contribution in [0.15, 0.2) is 16.8 Å². The van der Waals surface area contributed by atoms with E-state index in [2.05, 4.69) is 46.2 Å². The highest BCUT2D eigenvalue weighted by molar-refractivity contribution is 5.79. The number of aromatic amines is 1. The van der Waals surface area contributed by atoms with Crippen molar-refractivity contribution >= 4 is 11.0 Å². The summed E-state index contributed by atoms with van der Waals surface area (Å²) in [4.78, 5) is 10.7. The molecule has 2 aromatic heterocycles. The minimum atomic E-state index is 0.275. The van der Waals surface area contributed by atoms with Crippen molar-refractivity contribution in [3.63, 3.8) is 0 Å². The molecule has 23 heavy (non-hydrogen) atoms. The Bertz CT molecular complexity index is 850. The van der Waals surface area contributed by atoms with Crippen LogP contribution >= 0.6 is 0 Å². The molecule has 6 nitrogen and oxygen atoms in total. The number of benzene rings is 1. The topological polar surface area (TPSA) is 70.8 Å². The first-order chi connectivity index (χ1) is 11.1. The Morgan fingerprint density at radius 2 is 2.13 bits per heavy atom. The standard InChI is InChI=1S/C17H21N5O/c1-10-6-7-13-16(11(10)2)19-15(18-13)9-22-8-4-5-14(22)17-12(3)20-23-21-17/h6-7,14H,4-5,8-9H2,1-3H3,(H,18,19)/t14-/m1/s1. The Hall–Kier alpha value is -2.21. The van der Waals surface area contributed by atoms with Crippen LogP contribution in [-0.4, -0.2) is 31.7 Å². The van der Waals surface area contributed by atoms with Gasteiger partial charge in [0, 0.05) is 0 Å². The van der Waals surface area contributed by atoms with E-state index in [4.69, 9.17) is 9.61 Å². The zero-order chi connectivity index (χ0) is 16.0. The fraction of sp³-hybridized carbons (Fsp3) is 0.471. The number of fused-ring (bicyclic) bond motifs is 1. The molecule has 120 valence electrons. The predicted molar refractivity (Wildman–Crippen MR) is 87.0 cm³/mol. The first-order valence-corrected chi connectivity index (χ1v) is 8.11. The lowest BCUT2D eigenvalue weighted by Crippen LogP contribution is -2.24. The Morgan fingerprint density at radius 1 is 1.26 bits per heavy atom. The van der Waals surface area contributed by atoms with E-state index in [9.17, 15) is 0 Å². The Morgan fingerprint density at radius 3 is 2.91 bits per heavy atom. The molecule has 0 unspecified atom stereocenters. The lowest BCUT2D eigenvalue weighted by atomic mass is 10.1. The van der Waals surface area contributed by atoms with Crippen LogP contribution in [0.4, 0.5) is 0 Å². The second-order valence-electron chi connectivity index (χ2n) is 6.45. The molecular weight excluding hydrogens is 290 g/mol. The van der Waals surface area contributed by atoms with E-state index in [-0.39, 0.29) is 6.04 Å². The summed E-state index contributed by atoms with van der Waals surface area (Å²) in [7, 11) is 0. The van der Waals surface area contributed by atoms with Crippen molar-refractivity contribution in [1.82, 2.24) is 25.2 Å². The van der Waals surface area contributed by atoms with Crippen LogP contribution in [0.3, 0.4) is 0 Å². The number of hydrogen-bond donors (Lipinski definition) is 1. The van der Waals surface area contributed by atoms with Gasteiger partial charge in [-0.25, -0.2) is 9.61 Å². The average molecular weight is 311 g/mol. The van der Waals surface area contributed by atoms with E-state index in [0.717, 1.165) is 54.2 Å².